The van der Waals surface area contributed by atoms with Crippen molar-refractivity contribution in [1.82, 2.24) is 20.0 Å². The lowest BCUT2D eigenvalue weighted by atomic mass is 9.94. The van der Waals surface area contributed by atoms with Gasteiger partial charge < -0.3 is 24.8 Å². The molecule has 152 valence electrons. The third kappa shape index (κ3) is 7.46. The molecule has 2 saturated heterocycles. The maximum Gasteiger partial charge on any atom is 0.409 e. The molecule has 0 unspecified atom stereocenters. The number of halogens is 1. The van der Waals surface area contributed by atoms with Crippen molar-refractivity contribution in [2.45, 2.75) is 33.1 Å². The van der Waals surface area contributed by atoms with Gasteiger partial charge in [-0.1, -0.05) is 0 Å². The van der Waals surface area contributed by atoms with Crippen LogP contribution < -0.4 is 5.32 Å². The molecule has 0 radical (unpaired) electrons. The van der Waals surface area contributed by atoms with E-state index >= 15 is 0 Å². The molecule has 8 heteroatoms. The number of hydrogen-bond donors (Lipinski definition) is 1. The van der Waals surface area contributed by atoms with Gasteiger partial charge in [0.25, 0.3) is 0 Å². The normalized spacial score (nSPS) is 19.9. The number of aliphatic imine (C=N–C) groups is 1. The summed E-state index contributed by atoms with van der Waals surface area (Å²) < 4.78 is 5.08. The third-order valence-electron chi connectivity index (χ3n) is 5.08. The fourth-order valence-corrected chi connectivity index (χ4v) is 3.45. The largest absolute Gasteiger partial charge is 0.450 e. The second-order valence-corrected chi connectivity index (χ2v) is 6.94. The van der Waals surface area contributed by atoms with Crippen LogP contribution in [-0.2, 0) is 4.74 Å². The molecule has 0 atom stereocenters. The van der Waals surface area contributed by atoms with Gasteiger partial charge in [0.05, 0.1) is 6.61 Å². The van der Waals surface area contributed by atoms with E-state index in [9.17, 15) is 4.79 Å². The zero-order valence-electron chi connectivity index (χ0n) is 16.6. The number of guanidine groups is 1. The molecular weight excluding hydrogens is 445 g/mol. The first-order chi connectivity index (χ1) is 12.1. The van der Waals surface area contributed by atoms with E-state index in [0.717, 1.165) is 38.1 Å². The van der Waals surface area contributed by atoms with E-state index in [1.54, 1.807) is 4.90 Å². The van der Waals surface area contributed by atoms with Crippen molar-refractivity contribution < 1.29 is 9.53 Å². The first-order valence-corrected chi connectivity index (χ1v) is 9.77. The minimum Gasteiger partial charge on any atom is -0.450 e. The number of carbonyl (C=O) groups is 1. The summed E-state index contributed by atoms with van der Waals surface area (Å²) in [6.45, 7) is 11.5. The van der Waals surface area contributed by atoms with Gasteiger partial charge in [-0.25, -0.2) is 4.79 Å². The molecule has 2 heterocycles. The van der Waals surface area contributed by atoms with Gasteiger partial charge in [0.1, 0.15) is 0 Å². The van der Waals surface area contributed by atoms with E-state index in [-0.39, 0.29) is 30.1 Å². The van der Waals surface area contributed by atoms with Crippen LogP contribution in [0.15, 0.2) is 4.99 Å². The lowest BCUT2D eigenvalue weighted by Crippen LogP contribution is -2.54. The van der Waals surface area contributed by atoms with Gasteiger partial charge in [0.2, 0.25) is 0 Å². The molecule has 2 aliphatic rings. The summed E-state index contributed by atoms with van der Waals surface area (Å²) in [6.07, 6.45) is 3.55. The van der Waals surface area contributed by atoms with Gasteiger partial charge in [-0.15, -0.1) is 24.0 Å². The Morgan fingerprint density at radius 1 is 1.08 bits per heavy atom. The molecule has 0 aromatic rings. The van der Waals surface area contributed by atoms with Crippen LogP contribution in [0.25, 0.3) is 0 Å². The van der Waals surface area contributed by atoms with Crippen molar-refractivity contribution >= 4 is 36.0 Å². The Balaban J connectivity index is 0.00000338. The lowest BCUT2D eigenvalue weighted by molar-refractivity contribution is 0.0914. The molecule has 0 aromatic carbocycles. The van der Waals surface area contributed by atoms with Crippen LogP contribution in [0.3, 0.4) is 0 Å². The Labute approximate surface area is 175 Å². The van der Waals surface area contributed by atoms with Crippen LogP contribution in [0, 0.1) is 5.92 Å². The molecule has 0 saturated carbocycles. The quantitative estimate of drug-likeness (QED) is 0.370. The highest BCUT2D eigenvalue weighted by molar-refractivity contribution is 14.0. The molecular formula is C18H36IN5O2. The molecule has 1 amide bonds. The maximum atomic E-state index is 11.8. The van der Waals surface area contributed by atoms with E-state index in [2.05, 4.69) is 29.1 Å². The zero-order chi connectivity index (χ0) is 18.1. The summed E-state index contributed by atoms with van der Waals surface area (Å²) in [5.41, 5.74) is 0. The number of nitrogens with one attached hydrogen (secondary N) is 1. The number of piperazine rings is 1. The second kappa shape index (κ2) is 12.6. The Morgan fingerprint density at radius 3 is 2.27 bits per heavy atom. The Kier molecular flexibility index (Phi) is 11.3. The topological polar surface area (TPSA) is 60.4 Å². The average molecular weight is 481 g/mol. The summed E-state index contributed by atoms with van der Waals surface area (Å²) in [6, 6.07) is 0. The fourth-order valence-electron chi connectivity index (χ4n) is 3.45. The van der Waals surface area contributed by atoms with Crippen molar-refractivity contribution in [2.75, 3.05) is 66.0 Å². The number of amides is 1. The molecule has 2 rings (SSSR count). The van der Waals surface area contributed by atoms with Crippen molar-refractivity contribution in [3.05, 3.63) is 0 Å². The standard InChI is InChI=1S/C18H35N5O2.HI/c1-4-19-17(20-9-6-16-7-10-21(3)11-8-16)22-12-14-23(15-13-22)18(24)25-5-2;/h16H,4-15H2,1-3H3,(H,19,20);1H. The Morgan fingerprint density at radius 2 is 1.69 bits per heavy atom. The predicted octanol–water partition coefficient (Wildman–Crippen LogP) is 2.08. The number of nitrogens with zero attached hydrogens (tertiary/aromatic N) is 4. The van der Waals surface area contributed by atoms with Gasteiger partial charge in [0, 0.05) is 39.3 Å². The molecule has 0 aliphatic carbocycles. The third-order valence-corrected chi connectivity index (χ3v) is 5.08. The summed E-state index contributed by atoms with van der Waals surface area (Å²) in [5.74, 6) is 1.79. The molecule has 2 fully saturated rings. The monoisotopic (exact) mass is 481 g/mol. The number of carbonyl (C=O) groups excluding carboxylic acids is 1. The number of ether oxygens (including phenoxy) is 1. The highest BCUT2D eigenvalue weighted by atomic mass is 127. The predicted molar refractivity (Wildman–Crippen MR) is 116 cm³/mol. The molecule has 1 N–H and O–H groups in total. The van der Waals surface area contributed by atoms with Crippen LogP contribution in [0.1, 0.15) is 33.1 Å². The number of rotatable bonds is 5. The van der Waals surface area contributed by atoms with Crippen LogP contribution in [0.4, 0.5) is 4.79 Å². The minimum atomic E-state index is -0.202. The second-order valence-electron chi connectivity index (χ2n) is 6.94. The highest BCUT2D eigenvalue weighted by Crippen LogP contribution is 2.19. The first kappa shape index (κ1) is 23.3. The van der Waals surface area contributed by atoms with Crippen LogP contribution >= 0.6 is 24.0 Å². The van der Waals surface area contributed by atoms with Crippen LogP contribution in [0.2, 0.25) is 0 Å². The summed E-state index contributed by atoms with van der Waals surface area (Å²) in [4.78, 5) is 23.1. The molecule has 0 aromatic heterocycles. The Bertz CT molecular complexity index is 433. The molecule has 26 heavy (non-hydrogen) atoms. The molecule has 0 spiro atoms. The van der Waals surface area contributed by atoms with Crippen molar-refractivity contribution in [2.24, 2.45) is 10.9 Å². The van der Waals surface area contributed by atoms with Gasteiger partial charge in [-0.05, 0) is 59.2 Å². The number of hydrogen-bond acceptors (Lipinski definition) is 4. The van der Waals surface area contributed by atoms with Gasteiger partial charge >= 0.3 is 6.09 Å². The summed E-state index contributed by atoms with van der Waals surface area (Å²) in [5, 5.41) is 3.40. The number of piperidine rings is 1. The summed E-state index contributed by atoms with van der Waals surface area (Å²) in [7, 11) is 2.20. The zero-order valence-corrected chi connectivity index (χ0v) is 18.9. The molecule has 7 nitrogen and oxygen atoms in total. The van der Waals surface area contributed by atoms with Gasteiger partial charge in [-0.2, -0.15) is 0 Å². The van der Waals surface area contributed by atoms with Crippen molar-refractivity contribution in [1.29, 1.82) is 0 Å². The van der Waals surface area contributed by atoms with E-state index in [4.69, 9.17) is 9.73 Å². The van der Waals surface area contributed by atoms with E-state index in [0.29, 0.717) is 19.7 Å². The van der Waals surface area contributed by atoms with E-state index in [1.165, 1.54) is 32.4 Å². The first-order valence-electron chi connectivity index (χ1n) is 9.77. The maximum absolute atomic E-state index is 11.8. The van der Waals surface area contributed by atoms with Crippen LogP contribution in [0.5, 0.6) is 0 Å². The molecule has 2 aliphatic heterocycles. The van der Waals surface area contributed by atoms with Crippen molar-refractivity contribution in [3.63, 3.8) is 0 Å². The highest BCUT2D eigenvalue weighted by Gasteiger charge is 2.23. The van der Waals surface area contributed by atoms with E-state index in [1.807, 2.05) is 6.92 Å². The molecule has 0 bridgehead atoms. The SMILES string of the molecule is CCNC(=NCCC1CCN(C)CC1)N1CCN(C(=O)OCC)CC1.I. The Hall–Kier alpha value is -0.770. The van der Waals surface area contributed by atoms with Gasteiger partial charge in [-0.3, -0.25) is 4.99 Å². The fraction of sp³-hybridized carbons (Fsp3) is 0.889. The number of likely N-dealkylation sites (tertiary alicyclic amines) is 1. The van der Waals surface area contributed by atoms with Gasteiger partial charge in [0.15, 0.2) is 5.96 Å². The summed E-state index contributed by atoms with van der Waals surface area (Å²) >= 11 is 0. The van der Waals surface area contributed by atoms with E-state index < -0.39 is 0 Å². The minimum absolute atomic E-state index is 0. The van der Waals surface area contributed by atoms with Crippen molar-refractivity contribution in [3.8, 4) is 0 Å². The van der Waals surface area contributed by atoms with Crippen LogP contribution in [-0.4, -0.2) is 92.8 Å². The lowest BCUT2D eigenvalue weighted by Gasteiger charge is -2.36. The smallest absolute Gasteiger partial charge is 0.409 e. The average Bonchev–Trinajstić information content (AvgIpc) is 2.63.